The van der Waals surface area contributed by atoms with E-state index in [1.54, 1.807) is 0 Å². The van der Waals surface area contributed by atoms with E-state index >= 15 is 0 Å². The summed E-state index contributed by atoms with van der Waals surface area (Å²) in [5, 5.41) is 17.5. The van der Waals surface area contributed by atoms with Crippen molar-refractivity contribution in [2.45, 2.75) is 44.6 Å². The lowest BCUT2D eigenvalue weighted by atomic mass is 10.2. The molecule has 3 heteroatoms. The Morgan fingerprint density at radius 3 is 2.18 bits per heavy atom. The van der Waals surface area contributed by atoms with E-state index in [-0.39, 0.29) is 6.61 Å². The Balaban J connectivity index is 3.28. The summed E-state index contributed by atoms with van der Waals surface area (Å²) in [6.07, 6.45) is 1.31. The Bertz CT molecular complexity index is 98.8. The number of hydrogen-bond donors (Lipinski definition) is 2. The highest BCUT2D eigenvalue weighted by molar-refractivity contribution is 6.76. The SMILES string of the molecule is C[Si](C)(C)CCCC(O)CO. The molecule has 0 rings (SSSR count). The lowest BCUT2D eigenvalue weighted by Gasteiger charge is -2.16. The predicted octanol–water partition coefficient (Wildman–Crippen LogP) is 1.46. The molecule has 0 fully saturated rings. The van der Waals surface area contributed by atoms with Crippen LogP contribution in [-0.4, -0.2) is 31.0 Å². The minimum absolute atomic E-state index is 0.0916. The van der Waals surface area contributed by atoms with Crippen molar-refractivity contribution in [3.05, 3.63) is 0 Å². The molecule has 0 aromatic carbocycles. The lowest BCUT2D eigenvalue weighted by Crippen LogP contribution is -2.20. The standard InChI is InChI=1S/C8H20O2Si/c1-11(2,3)6-4-5-8(10)7-9/h8-10H,4-7H2,1-3H3. The summed E-state index contributed by atoms with van der Waals surface area (Å²) in [5.74, 6) is 0. The van der Waals surface area contributed by atoms with E-state index in [1.807, 2.05) is 0 Å². The molecular weight excluding hydrogens is 156 g/mol. The van der Waals surface area contributed by atoms with Gasteiger partial charge in [-0.25, -0.2) is 0 Å². The van der Waals surface area contributed by atoms with E-state index in [1.165, 1.54) is 6.04 Å². The van der Waals surface area contributed by atoms with Gasteiger partial charge in [-0.15, -0.1) is 0 Å². The molecule has 0 aromatic rings. The molecule has 1 atom stereocenters. The van der Waals surface area contributed by atoms with E-state index < -0.39 is 14.2 Å². The van der Waals surface area contributed by atoms with Crippen LogP contribution in [0.1, 0.15) is 12.8 Å². The summed E-state index contributed by atoms with van der Waals surface area (Å²) >= 11 is 0. The smallest absolute Gasteiger partial charge is 0.0770 e. The molecule has 0 aliphatic heterocycles. The van der Waals surface area contributed by atoms with Crippen molar-refractivity contribution in [2.75, 3.05) is 6.61 Å². The van der Waals surface area contributed by atoms with Gasteiger partial charge < -0.3 is 10.2 Å². The molecule has 0 spiro atoms. The van der Waals surface area contributed by atoms with Gasteiger partial charge in [0.05, 0.1) is 12.7 Å². The van der Waals surface area contributed by atoms with Crippen molar-refractivity contribution in [3.63, 3.8) is 0 Å². The zero-order chi connectivity index (χ0) is 8.91. The van der Waals surface area contributed by atoms with Gasteiger partial charge in [0.1, 0.15) is 0 Å². The first kappa shape index (κ1) is 11.1. The van der Waals surface area contributed by atoms with Crippen LogP contribution in [-0.2, 0) is 0 Å². The highest BCUT2D eigenvalue weighted by Crippen LogP contribution is 2.13. The Hall–Kier alpha value is 0.137. The Labute approximate surface area is 70.3 Å². The zero-order valence-corrected chi connectivity index (χ0v) is 8.80. The maximum absolute atomic E-state index is 9.02. The van der Waals surface area contributed by atoms with Crippen LogP contribution in [0, 0.1) is 0 Å². The van der Waals surface area contributed by atoms with Crippen LogP contribution in [0.4, 0.5) is 0 Å². The number of aliphatic hydroxyl groups is 2. The summed E-state index contributed by atoms with van der Waals surface area (Å²) in [6.45, 7) is 6.86. The van der Waals surface area contributed by atoms with Gasteiger partial charge in [0.2, 0.25) is 0 Å². The second-order valence-corrected chi connectivity index (χ2v) is 9.91. The van der Waals surface area contributed by atoms with Gasteiger partial charge in [-0.3, -0.25) is 0 Å². The first-order valence-corrected chi connectivity index (χ1v) is 7.95. The Kier molecular flexibility index (Phi) is 4.96. The minimum atomic E-state index is -0.930. The first-order valence-electron chi connectivity index (χ1n) is 4.24. The normalized spacial score (nSPS) is 15.0. The predicted molar refractivity (Wildman–Crippen MR) is 50.5 cm³/mol. The lowest BCUT2D eigenvalue weighted by molar-refractivity contribution is 0.0876. The summed E-state index contributed by atoms with van der Waals surface area (Å²) in [7, 11) is -0.930. The molecule has 0 aliphatic carbocycles. The molecular formula is C8H20O2Si. The molecule has 0 saturated carbocycles. The number of rotatable bonds is 5. The summed E-state index contributed by atoms with van der Waals surface area (Å²) < 4.78 is 0. The van der Waals surface area contributed by atoms with Crippen LogP contribution >= 0.6 is 0 Å². The summed E-state index contributed by atoms with van der Waals surface area (Å²) in [5.41, 5.74) is 0. The number of hydrogen-bond acceptors (Lipinski definition) is 2. The molecule has 1 unspecified atom stereocenters. The van der Waals surface area contributed by atoms with Gasteiger partial charge in [-0.1, -0.05) is 32.1 Å². The molecule has 68 valence electrons. The molecule has 0 bridgehead atoms. The van der Waals surface area contributed by atoms with Crippen LogP contribution in [0.3, 0.4) is 0 Å². The van der Waals surface area contributed by atoms with Crippen molar-refractivity contribution >= 4 is 8.07 Å². The molecule has 0 aliphatic rings. The minimum Gasteiger partial charge on any atom is -0.394 e. The van der Waals surface area contributed by atoms with E-state index in [4.69, 9.17) is 10.2 Å². The second kappa shape index (κ2) is 4.90. The fourth-order valence-electron chi connectivity index (χ4n) is 0.959. The highest BCUT2D eigenvalue weighted by Gasteiger charge is 2.12. The molecule has 11 heavy (non-hydrogen) atoms. The Morgan fingerprint density at radius 2 is 1.82 bits per heavy atom. The average molecular weight is 176 g/mol. The van der Waals surface area contributed by atoms with E-state index in [0.29, 0.717) is 0 Å². The van der Waals surface area contributed by atoms with Crippen molar-refractivity contribution in [1.29, 1.82) is 0 Å². The third kappa shape index (κ3) is 8.04. The van der Waals surface area contributed by atoms with Gasteiger partial charge in [-0.2, -0.15) is 0 Å². The van der Waals surface area contributed by atoms with Gasteiger partial charge in [-0.05, 0) is 6.42 Å². The molecule has 0 heterocycles. The van der Waals surface area contributed by atoms with E-state index in [9.17, 15) is 0 Å². The molecule has 2 nitrogen and oxygen atoms in total. The molecule has 2 N–H and O–H groups in total. The monoisotopic (exact) mass is 176 g/mol. The van der Waals surface area contributed by atoms with Crippen LogP contribution < -0.4 is 0 Å². The maximum atomic E-state index is 9.02. The topological polar surface area (TPSA) is 40.5 Å². The second-order valence-electron chi connectivity index (χ2n) is 4.29. The van der Waals surface area contributed by atoms with Gasteiger partial charge >= 0.3 is 0 Å². The van der Waals surface area contributed by atoms with Gasteiger partial charge in [0.15, 0.2) is 0 Å². The first-order chi connectivity index (χ1) is 4.95. The largest absolute Gasteiger partial charge is 0.394 e. The maximum Gasteiger partial charge on any atom is 0.0770 e. The van der Waals surface area contributed by atoms with Crippen LogP contribution in [0.5, 0.6) is 0 Å². The van der Waals surface area contributed by atoms with Crippen LogP contribution in [0.2, 0.25) is 25.7 Å². The van der Waals surface area contributed by atoms with Crippen molar-refractivity contribution < 1.29 is 10.2 Å². The molecule has 0 amide bonds. The van der Waals surface area contributed by atoms with Crippen molar-refractivity contribution in [3.8, 4) is 0 Å². The fourth-order valence-corrected chi connectivity index (χ4v) is 2.22. The van der Waals surface area contributed by atoms with E-state index in [2.05, 4.69) is 19.6 Å². The van der Waals surface area contributed by atoms with Gasteiger partial charge in [0.25, 0.3) is 0 Å². The van der Waals surface area contributed by atoms with Crippen LogP contribution in [0.25, 0.3) is 0 Å². The highest BCUT2D eigenvalue weighted by atomic mass is 28.3. The Morgan fingerprint density at radius 1 is 1.27 bits per heavy atom. The average Bonchev–Trinajstić information content (AvgIpc) is 1.85. The van der Waals surface area contributed by atoms with Crippen molar-refractivity contribution in [1.82, 2.24) is 0 Å². The quantitative estimate of drug-likeness (QED) is 0.623. The summed E-state index contributed by atoms with van der Waals surface area (Å²) in [4.78, 5) is 0. The number of aliphatic hydroxyl groups excluding tert-OH is 2. The molecule has 0 aromatic heterocycles. The third-order valence-electron chi connectivity index (χ3n) is 1.67. The summed E-state index contributed by atoms with van der Waals surface area (Å²) in [6, 6.07) is 1.24. The van der Waals surface area contributed by atoms with Crippen LogP contribution in [0.15, 0.2) is 0 Å². The third-order valence-corrected chi connectivity index (χ3v) is 3.53. The van der Waals surface area contributed by atoms with Crippen molar-refractivity contribution in [2.24, 2.45) is 0 Å². The van der Waals surface area contributed by atoms with E-state index in [0.717, 1.165) is 12.8 Å². The fraction of sp³-hybridized carbons (Fsp3) is 1.00. The molecule has 0 radical (unpaired) electrons. The molecule has 0 saturated heterocycles. The zero-order valence-electron chi connectivity index (χ0n) is 7.80. The van der Waals surface area contributed by atoms with Gasteiger partial charge in [0, 0.05) is 8.07 Å².